The van der Waals surface area contributed by atoms with Crippen LogP contribution in [0.1, 0.15) is 32.8 Å². The molecule has 0 atom stereocenters. The van der Waals surface area contributed by atoms with Crippen molar-refractivity contribution in [2.24, 2.45) is 5.41 Å². The Morgan fingerprint density at radius 3 is 2.89 bits per heavy atom. The van der Waals surface area contributed by atoms with E-state index < -0.39 is 0 Å². The molecule has 1 aromatic heterocycles. The van der Waals surface area contributed by atoms with E-state index in [2.05, 4.69) is 31.1 Å². The fourth-order valence-corrected chi connectivity index (χ4v) is 1.95. The molecule has 0 unspecified atom stereocenters. The quantitative estimate of drug-likeness (QED) is 0.919. The summed E-state index contributed by atoms with van der Waals surface area (Å²) in [6, 6.07) is 5.91. The SMILES string of the molecule is CC(C)(C)CC(=O)NCCc1ccc2ocnc2c1. The fourth-order valence-electron chi connectivity index (χ4n) is 1.95. The molecule has 0 aliphatic rings. The van der Waals surface area contributed by atoms with Crippen molar-refractivity contribution in [3.05, 3.63) is 30.2 Å². The lowest BCUT2D eigenvalue weighted by molar-refractivity contribution is -0.122. The highest BCUT2D eigenvalue weighted by atomic mass is 16.3. The van der Waals surface area contributed by atoms with Gasteiger partial charge in [0.2, 0.25) is 5.91 Å². The number of carbonyl (C=O) groups is 1. The van der Waals surface area contributed by atoms with Crippen molar-refractivity contribution in [1.82, 2.24) is 10.3 Å². The van der Waals surface area contributed by atoms with Gasteiger partial charge in [0, 0.05) is 13.0 Å². The van der Waals surface area contributed by atoms with E-state index in [1.807, 2.05) is 18.2 Å². The number of nitrogens with zero attached hydrogens (tertiary/aromatic N) is 1. The van der Waals surface area contributed by atoms with Crippen LogP contribution >= 0.6 is 0 Å². The summed E-state index contributed by atoms with van der Waals surface area (Å²) in [6.45, 7) is 6.83. The molecule has 0 radical (unpaired) electrons. The molecule has 4 nitrogen and oxygen atoms in total. The Morgan fingerprint density at radius 1 is 1.37 bits per heavy atom. The van der Waals surface area contributed by atoms with E-state index >= 15 is 0 Å². The lowest BCUT2D eigenvalue weighted by Crippen LogP contribution is -2.29. The summed E-state index contributed by atoms with van der Waals surface area (Å²) in [4.78, 5) is 15.8. The third kappa shape index (κ3) is 4.09. The molecule has 4 heteroatoms. The Labute approximate surface area is 113 Å². The summed E-state index contributed by atoms with van der Waals surface area (Å²) in [5.74, 6) is 0.106. The van der Waals surface area contributed by atoms with Gasteiger partial charge in [0.05, 0.1) is 0 Å². The first-order chi connectivity index (χ1) is 8.94. The van der Waals surface area contributed by atoms with Crippen molar-refractivity contribution >= 4 is 17.0 Å². The number of aromatic nitrogens is 1. The molecule has 0 saturated carbocycles. The van der Waals surface area contributed by atoms with Crippen molar-refractivity contribution in [3.63, 3.8) is 0 Å². The van der Waals surface area contributed by atoms with Crippen molar-refractivity contribution in [1.29, 1.82) is 0 Å². The molecular formula is C15H20N2O2. The molecule has 0 spiro atoms. The first kappa shape index (κ1) is 13.6. The number of hydrogen-bond donors (Lipinski definition) is 1. The molecule has 2 rings (SSSR count). The van der Waals surface area contributed by atoms with Gasteiger partial charge in [-0.05, 0) is 29.5 Å². The average Bonchev–Trinajstić information content (AvgIpc) is 2.73. The van der Waals surface area contributed by atoms with E-state index in [9.17, 15) is 4.79 Å². The smallest absolute Gasteiger partial charge is 0.220 e. The van der Waals surface area contributed by atoms with E-state index in [0.717, 1.165) is 23.1 Å². The second kappa shape index (κ2) is 5.43. The Hall–Kier alpha value is -1.84. The van der Waals surface area contributed by atoms with Crippen LogP contribution < -0.4 is 5.32 Å². The Kier molecular flexibility index (Phi) is 3.88. The summed E-state index contributed by atoms with van der Waals surface area (Å²) in [6.07, 6.45) is 2.80. The van der Waals surface area contributed by atoms with Crippen LogP contribution in [0.2, 0.25) is 0 Å². The van der Waals surface area contributed by atoms with Gasteiger partial charge in [0.1, 0.15) is 5.52 Å². The standard InChI is InChI=1S/C15H20N2O2/c1-15(2,3)9-14(18)16-7-6-11-4-5-13-12(8-11)17-10-19-13/h4-5,8,10H,6-7,9H2,1-3H3,(H,16,18). The number of benzene rings is 1. The highest BCUT2D eigenvalue weighted by molar-refractivity contribution is 5.76. The molecule has 0 aliphatic heterocycles. The number of rotatable bonds is 4. The number of hydrogen-bond acceptors (Lipinski definition) is 3. The van der Waals surface area contributed by atoms with Crippen LogP contribution in [-0.2, 0) is 11.2 Å². The van der Waals surface area contributed by atoms with Crippen LogP contribution in [-0.4, -0.2) is 17.4 Å². The van der Waals surface area contributed by atoms with E-state index in [4.69, 9.17) is 4.42 Å². The Balaban J connectivity index is 1.83. The largest absolute Gasteiger partial charge is 0.443 e. The zero-order valence-corrected chi connectivity index (χ0v) is 11.7. The zero-order valence-electron chi connectivity index (χ0n) is 11.7. The summed E-state index contributed by atoms with van der Waals surface area (Å²) in [5, 5.41) is 2.95. The molecule has 102 valence electrons. The van der Waals surface area contributed by atoms with Gasteiger partial charge >= 0.3 is 0 Å². The average molecular weight is 260 g/mol. The second-order valence-corrected chi connectivity index (χ2v) is 5.99. The van der Waals surface area contributed by atoms with E-state index in [1.54, 1.807) is 0 Å². The third-order valence-electron chi connectivity index (χ3n) is 2.82. The molecule has 1 heterocycles. The van der Waals surface area contributed by atoms with Gasteiger partial charge in [0.15, 0.2) is 12.0 Å². The molecule has 0 bridgehead atoms. The number of nitrogens with one attached hydrogen (secondary N) is 1. The topological polar surface area (TPSA) is 55.1 Å². The lowest BCUT2D eigenvalue weighted by atomic mass is 9.92. The maximum atomic E-state index is 11.7. The van der Waals surface area contributed by atoms with Crippen molar-refractivity contribution in [2.45, 2.75) is 33.6 Å². The maximum absolute atomic E-state index is 11.7. The predicted molar refractivity (Wildman–Crippen MR) is 74.8 cm³/mol. The first-order valence-electron chi connectivity index (χ1n) is 6.53. The molecule has 0 saturated heterocycles. The summed E-state index contributed by atoms with van der Waals surface area (Å²) in [5.41, 5.74) is 2.83. The van der Waals surface area contributed by atoms with Crippen LogP contribution in [0.5, 0.6) is 0 Å². The molecule has 0 fully saturated rings. The first-order valence-corrected chi connectivity index (χ1v) is 6.53. The normalized spacial score (nSPS) is 11.7. The molecular weight excluding hydrogens is 240 g/mol. The number of carbonyl (C=O) groups excluding carboxylic acids is 1. The molecule has 1 aromatic carbocycles. The minimum atomic E-state index is 0.0315. The molecule has 2 aromatic rings. The van der Waals surface area contributed by atoms with Gasteiger partial charge in [0.25, 0.3) is 0 Å². The van der Waals surface area contributed by atoms with Gasteiger partial charge in [-0.2, -0.15) is 0 Å². The van der Waals surface area contributed by atoms with Crippen LogP contribution in [0.3, 0.4) is 0 Å². The second-order valence-electron chi connectivity index (χ2n) is 5.99. The minimum Gasteiger partial charge on any atom is -0.443 e. The van der Waals surface area contributed by atoms with Gasteiger partial charge in [-0.3, -0.25) is 4.79 Å². The van der Waals surface area contributed by atoms with Gasteiger partial charge in [-0.15, -0.1) is 0 Å². The van der Waals surface area contributed by atoms with Gasteiger partial charge < -0.3 is 9.73 Å². The van der Waals surface area contributed by atoms with E-state index in [-0.39, 0.29) is 11.3 Å². The van der Waals surface area contributed by atoms with Crippen LogP contribution in [0, 0.1) is 5.41 Å². The molecule has 0 aliphatic carbocycles. The highest BCUT2D eigenvalue weighted by Crippen LogP contribution is 2.18. The fraction of sp³-hybridized carbons (Fsp3) is 0.467. The third-order valence-corrected chi connectivity index (χ3v) is 2.82. The summed E-state index contributed by atoms with van der Waals surface area (Å²) in [7, 11) is 0. The molecule has 1 amide bonds. The van der Waals surface area contributed by atoms with E-state index in [0.29, 0.717) is 13.0 Å². The predicted octanol–water partition coefficient (Wildman–Crippen LogP) is 2.92. The van der Waals surface area contributed by atoms with Crippen LogP contribution in [0.4, 0.5) is 0 Å². The Morgan fingerprint density at radius 2 is 2.16 bits per heavy atom. The number of fused-ring (bicyclic) bond motifs is 1. The minimum absolute atomic E-state index is 0.0315. The van der Waals surface area contributed by atoms with E-state index in [1.165, 1.54) is 6.39 Å². The molecule has 19 heavy (non-hydrogen) atoms. The van der Waals surface area contributed by atoms with Crippen LogP contribution in [0.25, 0.3) is 11.1 Å². The monoisotopic (exact) mass is 260 g/mol. The zero-order chi connectivity index (χ0) is 13.9. The number of amides is 1. The maximum Gasteiger partial charge on any atom is 0.220 e. The van der Waals surface area contributed by atoms with Crippen molar-refractivity contribution in [2.75, 3.05) is 6.54 Å². The van der Waals surface area contributed by atoms with Gasteiger partial charge in [-0.1, -0.05) is 26.8 Å². The summed E-state index contributed by atoms with van der Waals surface area (Å²) < 4.78 is 5.19. The van der Waals surface area contributed by atoms with Crippen molar-refractivity contribution in [3.8, 4) is 0 Å². The summed E-state index contributed by atoms with van der Waals surface area (Å²) >= 11 is 0. The highest BCUT2D eigenvalue weighted by Gasteiger charge is 2.15. The van der Waals surface area contributed by atoms with Crippen molar-refractivity contribution < 1.29 is 9.21 Å². The number of oxazole rings is 1. The lowest BCUT2D eigenvalue weighted by Gasteiger charge is -2.17. The van der Waals surface area contributed by atoms with Crippen LogP contribution in [0.15, 0.2) is 29.0 Å². The molecule has 1 N–H and O–H groups in total. The van der Waals surface area contributed by atoms with Gasteiger partial charge in [-0.25, -0.2) is 4.98 Å². The Bertz CT molecular complexity index is 567.